The minimum absolute atomic E-state index is 0.599. The number of hydrogen-bond acceptors (Lipinski definition) is 4. The summed E-state index contributed by atoms with van der Waals surface area (Å²) in [4.78, 5) is 3.97. The molecule has 0 unspecified atom stereocenters. The lowest BCUT2D eigenvalue weighted by molar-refractivity contribution is 1.32. The van der Waals surface area contributed by atoms with Gasteiger partial charge in [-0.1, -0.05) is 6.07 Å². The van der Waals surface area contributed by atoms with E-state index in [1.807, 2.05) is 12.1 Å². The van der Waals surface area contributed by atoms with Crippen LogP contribution < -0.4 is 11.1 Å². The standard InChI is InChI=1S/C12H10N4/c13-6-9-2-1-3-11(4-9)16-12-5-10(14)7-15-8-12/h1-5,7-8,16H,14H2. The molecule has 0 bridgehead atoms. The molecule has 4 heteroatoms. The van der Waals surface area contributed by atoms with Gasteiger partial charge in [0.1, 0.15) is 0 Å². The van der Waals surface area contributed by atoms with E-state index in [1.54, 1.807) is 30.6 Å². The Labute approximate surface area is 93.4 Å². The highest BCUT2D eigenvalue weighted by atomic mass is 14.9. The van der Waals surface area contributed by atoms with E-state index in [0.717, 1.165) is 11.4 Å². The monoisotopic (exact) mass is 210 g/mol. The quantitative estimate of drug-likeness (QED) is 0.797. The molecule has 0 aliphatic heterocycles. The Morgan fingerprint density at radius 2 is 2.06 bits per heavy atom. The zero-order valence-electron chi connectivity index (χ0n) is 8.51. The SMILES string of the molecule is N#Cc1cccc(Nc2cncc(N)c2)c1. The van der Waals surface area contributed by atoms with Gasteiger partial charge in [-0.25, -0.2) is 0 Å². The molecular formula is C12H10N4. The number of anilines is 3. The van der Waals surface area contributed by atoms with Crippen molar-refractivity contribution in [2.24, 2.45) is 0 Å². The molecule has 2 aromatic rings. The van der Waals surface area contributed by atoms with E-state index in [4.69, 9.17) is 11.0 Å². The van der Waals surface area contributed by atoms with Gasteiger partial charge >= 0.3 is 0 Å². The molecule has 78 valence electrons. The number of pyridine rings is 1. The summed E-state index contributed by atoms with van der Waals surface area (Å²) in [5.74, 6) is 0. The Bertz CT molecular complexity index is 543. The zero-order chi connectivity index (χ0) is 11.4. The maximum Gasteiger partial charge on any atom is 0.0992 e. The lowest BCUT2D eigenvalue weighted by atomic mass is 10.2. The van der Waals surface area contributed by atoms with Gasteiger partial charge in [-0.15, -0.1) is 0 Å². The highest BCUT2D eigenvalue weighted by molar-refractivity contribution is 5.63. The van der Waals surface area contributed by atoms with E-state index < -0.39 is 0 Å². The van der Waals surface area contributed by atoms with Crippen molar-refractivity contribution in [2.75, 3.05) is 11.1 Å². The van der Waals surface area contributed by atoms with Crippen LogP contribution in [-0.4, -0.2) is 4.98 Å². The number of nitrogens with one attached hydrogen (secondary N) is 1. The van der Waals surface area contributed by atoms with Crippen molar-refractivity contribution in [1.29, 1.82) is 5.26 Å². The molecule has 0 atom stereocenters. The summed E-state index contributed by atoms with van der Waals surface area (Å²) in [6, 6.07) is 11.1. The fourth-order valence-electron chi connectivity index (χ4n) is 1.36. The van der Waals surface area contributed by atoms with Crippen molar-refractivity contribution >= 4 is 17.1 Å². The van der Waals surface area contributed by atoms with Gasteiger partial charge < -0.3 is 11.1 Å². The molecule has 0 fully saturated rings. The molecule has 1 heterocycles. The van der Waals surface area contributed by atoms with Crippen LogP contribution in [-0.2, 0) is 0 Å². The summed E-state index contributed by atoms with van der Waals surface area (Å²) in [6.07, 6.45) is 3.26. The van der Waals surface area contributed by atoms with Crippen molar-refractivity contribution in [2.45, 2.75) is 0 Å². The van der Waals surface area contributed by atoms with Crippen LogP contribution in [0.4, 0.5) is 17.1 Å². The first-order valence-corrected chi connectivity index (χ1v) is 4.75. The van der Waals surface area contributed by atoms with E-state index in [-0.39, 0.29) is 0 Å². The fourth-order valence-corrected chi connectivity index (χ4v) is 1.36. The average molecular weight is 210 g/mol. The maximum absolute atomic E-state index is 8.76. The Kier molecular flexibility index (Phi) is 2.70. The second-order valence-corrected chi connectivity index (χ2v) is 3.32. The summed E-state index contributed by atoms with van der Waals surface area (Å²) < 4.78 is 0. The molecule has 0 radical (unpaired) electrons. The minimum atomic E-state index is 0.599. The van der Waals surface area contributed by atoms with Gasteiger partial charge in [-0.2, -0.15) is 5.26 Å². The number of aromatic nitrogens is 1. The molecule has 0 aliphatic carbocycles. The molecule has 0 amide bonds. The van der Waals surface area contributed by atoms with E-state index in [1.165, 1.54) is 0 Å². The maximum atomic E-state index is 8.76. The van der Waals surface area contributed by atoms with Crippen LogP contribution in [0.2, 0.25) is 0 Å². The third-order valence-corrected chi connectivity index (χ3v) is 2.04. The first-order valence-electron chi connectivity index (χ1n) is 4.75. The lowest BCUT2D eigenvalue weighted by Crippen LogP contribution is -1.93. The molecule has 3 N–H and O–H groups in total. The van der Waals surface area contributed by atoms with Crippen molar-refractivity contribution in [3.8, 4) is 6.07 Å². The number of hydrogen-bond donors (Lipinski definition) is 2. The van der Waals surface area contributed by atoms with Crippen molar-refractivity contribution in [1.82, 2.24) is 4.98 Å². The van der Waals surface area contributed by atoms with E-state index >= 15 is 0 Å². The number of nitrogens with zero attached hydrogens (tertiary/aromatic N) is 2. The van der Waals surface area contributed by atoms with Crippen molar-refractivity contribution < 1.29 is 0 Å². The largest absolute Gasteiger partial charge is 0.397 e. The molecule has 4 nitrogen and oxygen atoms in total. The van der Waals surface area contributed by atoms with Crippen LogP contribution in [0.15, 0.2) is 42.7 Å². The molecule has 0 aliphatic rings. The fraction of sp³-hybridized carbons (Fsp3) is 0. The summed E-state index contributed by atoms with van der Waals surface area (Å²) in [6.45, 7) is 0. The van der Waals surface area contributed by atoms with E-state index in [9.17, 15) is 0 Å². The predicted octanol–water partition coefficient (Wildman–Crippen LogP) is 2.28. The van der Waals surface area contributed by atoms with Crippen LogP contribution in [0, 0.1) is 11.3 Å². The molecule has 0 saturated carbocycles. The average Bonchev–Trinajstić information content (AvgIpc) is 2.29. The van der Waals surface area contributed by atoms with Crippen LogP contribution in [0.3, 0.4) is 0 Å². The van der Waals surface area contributed by atoms with E-state index in [0.29, 0.717) is 11.3 Å². The van der Waals surface area contributed by atoms with Crippen LogP contribution in [0.25, 0.3) is 0 Å². The summed E-state index contributed by atoms with van der Waals surface area (Å²) >= 11 is 0. The molecule has 0 saturated heterocycles. The second kappa shape index (κ2) is 4.32. The van der Waals surface area contributed by atoms with Gasteiger partial charge in [0.2, 0.25) is 0 Å². The minimum Gasteiger partial charge on any atom is -0.397 e. The number of nitrogen functional groups attached to an aromatic ring is 1. The zero-order valence-corrected chi connectivity index (χ0v) is 8.51. The summed E-state index contributed by atoms with van der Waals surface area (Å²) in [5, 5.41) is 11.9. The van der Waals surface area contributed by atoms with Crippen molar-refractivity contribution in [3.63, 3.8) is 0 Å². The van der Waals surface area contributed by atoms with Gasteiger partial charge in [0.25, 0.3) is 0 Å². The van der Waals surface area contributed by atoms with Gasteiger partial charge in [-0.05, 0) is 24.3 Å². The Morgan fingerprint density at radius 1 is 1.19 bits per heavy atom. The summed E-state index contributed by atoms with van der Waals surface area (Å²) in [5.41, 5.74) is 8.47. The van der Waals surface area contributed by atoms with Gasteiger partial charge in [0.15, 0.2) is 0 Å². The van der Waals surface area contributed by atoms with Crippen LogP contribution in [0.5, 0.6) is 0 Å². The lowest BCUT2D eigenvalue weighted by Gasteiger charge is -2.06. The van der Waals surface area contributed by atoms with Gasteiger partial charge in [0, 0.05) is 11.9 Å². The number of nitriles is 1. The van der Waals surface area contributed by atoms with E-state index in [2.05, 4.69) is 16.4 Å². The smallest absolute Gasteiger partial charge is 0.0992 e. The molecule has 0 spiro atoms. The first-order chi connectivity index (χ1) is 7.78. The molecular weight excluding hydrogens is 200 g/mol. The third-order valence-electron chi connectivity index (χ3n) is 2.04. The number of nitrogens with two attached hydrogens (primary N) is 1. The highest BCUT2D eigenvalue weighted by Gasteiger charge is 1.97. The predicted molar refractivity (Wildman–Crippen MR) is 63.1 cm³/mol. The Hall–Kier alpha value is -2.54. The topological polar surface area (TPSA) is 74.7 Å². The van der Waals surface area contributed by atoms with Gasteiger partial charge in [-0.3, -0.25) is 4.98 Å². The van der Waals surface area contributed by atoms with Crippen LogP contribution in [0.1, 0.15) is 5.56 Å². The normalized spacial score (nSPS) is 9.44. The Morgan fingerprint density at radius 3 is 2.81 bits per heavy atom. The summed E-state index contributed by atoms with van der Waals surface area (Å²) in [7, 11) is 0. The molecule has 2 rings (SSSR count). The van der Waals surface area contributed by atoms with Crippen molar-refractivity contribution in [3.05, 3.63) is 48.3 Å². The third kappa shape index (κ3) is 2.28. The molecule has 16 heavy (non-hydrogen) atoms. The van der Waals surface area contributed by atoms with Gasteiger partial charge in [0.05, 0.1) is 29.2 Å². The first kappa shape index (κ1) is 9.99. The molecule has 1 aromatic heterocycles. The number of rotatable bonds is 2. The highest BCUT2D eigenvalue weighted by Crippen LogP contribution is 2.18. The Balaban J connectivity index is 2.24. The number of benzene rings is 1. The van der Waals surface area contributed by atoms with Crippen LogP contribution >= 0.6 is 0 Å². The second-order valence-electron chi connectivity index (χ2n) is 3.32. The molecule has 1 aromatic carbocycles.